The van der Waals surface area contributed by atoms with Crippen LogP contribution in [-0.2, 0) is 21.0 Å². The van der Waals surface area contributed by atoms with Crippen molar-refractivity contribution in [2.45, 2.75) is 31.9 Å². The second-order valence-electron chi connectivity index (χ2n) is 4.45. The van der Waals surface area contributed by atoms with Crippen LogP contribution in [0.1, 0.15) is 30.7 Å². The highest BCUT2D eigenvalue weighted by Crippen LogP contribution is 2.27. The molecular weight excluding hydrogens is 218 g/mol. The molecule has 0 spiro atoms. The van der Waals surface area contributed by atoms with E-state index in [0.717, 1.165) is 9.88 Å². The number of hydrogen-bond donors (Lipinski definition) is 0. The molecule has 0 N–H and O–H groups in total. The first kappa shape index (κ1) is 11.7. The second kappa shape index (κ2) is 3.62. The van der Waals surface area contributed by atoms with Crippen LogP contribution in [0.2, 0.25) is 0 Å². The van der Waals surface area contributed by atoms with Crippen molar-refractivity contribution in [3.05, 3.63) is 16.1 Å². The van der Waals surface area contributed by atoms with Crippen LogP contribution in [-0.4, -0.2) is 19.7 Å². The summed E-state index contributed by atoms with van der Waals surface area (Å²) in [5, 5.41) is 0.983. The van der Waals surface area contributed by atoms with Gasteiger partial charge in [-0.2, -0.15) is 0 Å². The predicted octanol–water partition coefficient (Wildman–Crippen LogP) is 1.99. The fourth-order valence-corrected chi connectivity index (χ4v) is 3.21. The van der Waals surface area contributed by atoms with E-state index in [1.807, 2.05) is 0 Å². The first-order valence-electron chi connectivity index (χ1n) is 4.31. The van der Waals surface area contributed by atoms with E-state index in [4.69, 9.17) is 0 Å². The Morgan fingerprint density at radius 1 is 1.43 bits per heavy atom. The lowest BCUT2D eigenvalue weighted by molar-refractivity contribution is 0.585. The van der Waals surface area contributed by atoms with Gasteiger partial charge in [-0.05, 0) is 0 Å². The molecule has 0 aliphatic carbocycles. The number of hydrogen-bond acceptors (Lipinski definition) is 4. The third-order valence-electron chi connectivity index (χ3n) is 1.60. The zero-order chi connectivity index (χ0) is 11.0. The SMILES string of the molecule is CC(C)(C)c1ncc(CS(C)(=O)=O)s1. The van der Waals surface area contributed by atoms with Crippen LogP contribution in [0.25, 0.3) is 0 Å². The molecule has 0 aromatic carbocycles. The number of rotatable bonds is 2. The quantitative estimate of drug-likeness (QED) is 0.784. The highest BCUT2D eigenvalue weighted by Gasteiger charge is 2.18. The van der Waals surface area contributed by atoms with Crippen LogP contribution in [0.3, 0.4) is 0 Å². The molecule has 0 aliphatic rings. The molecule has 5 heteroatoms. The van der Waals surface area contributed by atoms with Gasteiger partial charge in [0.1, 0.15) is 0 Å². The smallest absolute Gasteiger partial charge is 0.152 e. The Kier molecular flexibility index (Phi) is 3.02. The second-order valence-corrected chi connectivity index (χ2v) is 7.71. The van der Waals surface area contributed by atoms with Crippen molar-refractivity contribution in [1.29, 1.82) is 0 Å². The van der Waals surface area contributed by atoms with E-state index in [9.17, 15) is 8.42 Å². The van der Waals surface area contributed by atoms with Crippen LogP contribution >= 0.6 is 11.3 Å². The Morgan fingerprint density at radius 2 is 2.00 bits per heavy atom. The molecule has 0 radical (unpaired) electrons. The van der Waals surface area contributed by atoms with E-state index < -0.39 is 9.84 Å². The Hall–Kier alpha value is -0.420. The van der Waals surface area contributed by atoms with Crippen molar-refractivity contribution in [2.24, 2.45) is 0 Å². The zero-order valence-electron chi connectivity index (χ0n) is 8.86. The van der Waals surface area contributed by atoms with Crippen LogP contribution in [0.15, 0.2) is 6.20 Å². The van der Waals surface area contributed by atoms with Gasteiger partial charge in [0, 0.05) is 22.7 Å². The first-order chi connectivity index (χ1) is 6.18. The van der Waals surface area contributed by atoms with Gasteiger partial charge in [0.2, 0.25) is 0 Å². The zero-order valence-corrected chi connectivity index (χ0v) is 10.5. The minimum absolute atomic E-state index is 0.000417. The summed E-state index contributed by atoms with van der Waals surface area (Å²) < 4.78 is 22.1. The highest BCUT2D eigenvalue weighted by atomic mass is 32.2. The molecule has 14 heavy (non-hydrogen) atoms. The van der Waals surface area contributed by atoms with Crippen molar-refractivity contribution in [3.8, 4) is 0 Å². The van der Waals surface area contributed by atoms with Gasteiger partial charge in [-0.15, -0.1) is 11.3 Å². The molecule has 1 aromatic rings. The van der Waals surface area contributed by atoms with E-state index in [-0.39, 0.29) is 11.2 Å². The van der Waals surface area contributed by atoms with E-state index in [2.05, 4.69) is 25.8 Å². The fourth-order valence-electron chi connectivity index (χ4n) is 0.979. The van der Waals surface area contributed by atoms with E-state index >= 15 is 0 Å². The Labute approximate surface area is 89.1 Å². The summed E-state index contributed by atoms with van der Waals surface area (Å²) in [6, 6.07) is 0. The van der Waals surface area contributed by atoms with E-state index in [0.29, 0.717) is 0 Å². The van der Waals surface area contributed by atoms with E-state index in [1.54, 1.807) is 6.20 Å². The summed E-state index contributed by atoms with van der Waals surface area (Å²) in [4.78, 5) is 5.04. The maximum Gasteiger partial charge on any atom is 0.152 e. The van der Waals surface area contributed by atoms with Gasteiger partial charge in [0.05, 0.1) is 10.8 Å². The van der Waals surface area contributed by atoms with Crippen LogP contribution in [0.4, 0.5) is 0 Å². The van der Waals surface area contributed by atoms with Gasteiger partial charge in [-0.3, -0.25) is 0 Å². The topological polar surface area (TPSA) is 47.0 Å². The number of thiazole rings is 1. The summed E-state index contributed by atoms with van der Waals surface area (Å²) in [6.07, 6.45) is 2.90. The molecule has 0 saturated heterocycles. The van der Waals surface area contributed by atoms with Crippen molar-refractivity contribution in [1.82, 2.24) is 4.98 Å². The lowest BCUT2D eigenvalue weighted by atomic mass is 9.98. The molecule has 1 aromatic heterocycles. The molecule has 80 valence electrons. The highest BCUT2D eigenvalue weighted by molar-refractivity contribution is 7.90. The molecule has 0 saturated carbocycles. The normalized spacial score (nSPS) is 13.1. The molecule has 0 amide bonds. The van der Waals surface area contributed by atoms with Crippen LogP contribution < -0.4 is 0 Å². The van der Waals surface area contributed by atoms with Crippen molar-refractivity contribution in [2.75, 3.05) is 6.26 Å². The van der Waals surface area contributed by atoms with E-state index in [1.165, 1.54) is 17.6 Å². The molecule has 3 nitrogen and oxygen atoms in total. The summed E-state index contributed by atoms with van der Waals surface area (Å²) in [7, 11) is -2.94. The van der Waals surface area contributed by atoms with Gasteiger partial charge in [-0.1, -0.05) is 20.8 Å². The molecule has 0 aliphatic heterocycles. The maximum absolute atomic E-state index is 11.0. The van der Waals surface area contributed by atoms with Gasteiger partial charge >= 0.3 is 0 Å². The van der Waals surface area contributed by atoms with Crippen molar-refractivity contribution < 1.29 is 8.42 Å². The van der Waals surface area contributed by atoms with Gasteiger partial charge in [0.25, 0.3) is 0 Å². The standard InChI is InChI=1S/C9H15NO2S2/c1-9(2,3)8-10-5-7(13-8)6-14(4,11)12/h5H,6H2,1-4H3. The Bertz CT molecular complexity index is 412. The first-order valence-corrected chi connectivity index (χ1v) is 7.19. The van der Waals surface area contributed by atoms with Crippen molar-refractivity contribution >= 4 is 21.2 Å². The minimum atomic E-state index is -2.94. The predicted molar refractivity (Wildman–Crippen MR) is 59.4 cm³/mol. The monoisotopic (exact) mass is 233 g/mol. The molecule has 0 unspecified atom stereocenters. The fraction of sp³-hybridized carbons (Fsp3) is 0.667. The summed E-state index contributed by atoms with van der Waals surface area (Å²) in [5.74, 6) is 0.0980. The average molecular weight is 233 g/mol. The lowest BCUT2D eigenvalue weighted by Gasteiger charge is -2.13. The van der Waals surface area contributed by atoms with Gasteiger partial charge in [-0.25, -0.2) is 13.4 Å². The molecule has 0 bridgehead atoms. The van der Waals surface area contributed by atoms with Gasteiger partial charge < -0.3 is 0 Å². The molecule has 1 rings (SSSR count). The summed E-state index contributed by atoms with van der Waals surface area (Å²) in [5.41, 5.74) is 0.000417. The Morgan fingerprint density at radius 3 is 2.36 bits per heavy atom. The summed E-state index contributed by atoms with van der Waals surface area (Å²) >= 11 is 1.48. The maximum atomic E-state index is 11.0. The Balaban J connectivity index is 2.90. The molecular formula is C9H15NO2S2. The number of aromatic nitrogens is 1. The largest absolute Gasteiger partial charge is 0.249 e. The van der Waals surface area contributed by atoms with Gasteiger partial charge in [0.15, 0.2) is 9.84 Å². The third kappa shape index (κ3) is 3.38. The summed E-state index contributed by atoms with van der Waals surface area (Å²) in [6.45, 7) is 6.20. The lowest BCUT2D eigenvalue weighted by Crippen LogP contribution is -2.09. The molecule has 0 fully saturated rings. The molecule has 0 atom stereocenters. The van der Waals surface area contributed by atoms with Crippen molar-refractivity contribution in [3.63, 3.8) is 0 Å². The number of nitrogens with zero attached hydrogens (tertiary/aromatic N) is 1. The number of sulfone groups is 1. The minimum Gasteiger partial charge on any atom is -0.249 e. The third-order valence-corrected chi connectivity index (χ3v) is 4.04. The van der Waals surface area contributed by atoms with Crippen LogP contribution in [0, 0.1) is 0 Å². The van der Waals surface area contributed by atoms with Crippen LogP contribution in [0.5, 0.6) is 0 Å². The average Bonchev–Trinajstić information content (AvgIpc) is 2.29. The molecule has 1 heterocycles.